The van der Waals surface area contributed by atoms with Gasteiger partial charge < -0.3 is 18.6 Å². The molecule has 0 fully saturated rings. The first-order chi connectivity index (χ1) is 20.9. The Labute approximate surface area is 251 Å². The topological polar surface area (TPSA) is 62.5 Å². The van der Waals surface area contributed by atoms with Crippen molar-refractivity contribution in [2.45, 2.75) is 52.6 Å². The van der Waals surface area contributed by atoms with Crippen LogP contribution < -0.4 is 0 Å². The van der Waals surface area contributed by atoms with Gasteiger partial charge in [-0.2, -0.15) is 0 Å². The molecule has 0 aliphatic carbocycles. The van der Waals surface area contributed by atoms with Crippen molar-refractivity contribution in [3.05, 3.63) is 97.1 Å². The molecule has 0 saturated carbocycles. The number of carbonyl (C=O) groups excluding carboxylic acids is 2. The number of benzene rings is 4. The first kappa shape index (κ1) is 28.5. The summed E-state index contributed by atoms with van der Waals surface area (Å²) in [5.41, 5.74) is 2.98. The predicted octanol–water partition coefficient (Wildman–Crippen LogP) is 8.62. The van der Waals surface area contributed by atoms with Crippen LogP contribution >= 0.6 is 0 Å². The van der Waals surface area contributed by atoms with E-state index in [1.165, 1.54) is 0 Å². The lowest BCUT2D eigenvalue weighted by Crippen LogP contribution is -2.42. The number of para-hydroxylation sites is 4. The first-order valence-corrected chi connectivity index (χ1v) is 15.2. The average molecular weight is 575 g/mol. The van der Waals surface area contributed by atoms with E-state index in [-0.39, 0.29) is 25.3 Å². The SMILES string of the molecule is CCC(CC)(C(=O)OCC(C)n1c2ccccc2c2ccccc21)C(=O)OCC(C)n1c2ccccc2c2ccccc21. The molecule has 4 aromatic carbocycles. The minimum absolute atomic E-state index is 0.133. The van der Waals surface area contributed by atoms with Gasteiger partial charge in [0.25, 0.3) is 0 Å². The second kappa shape index (κ2) is 11.6. The molecule has 0 amide bonds. The van der Waals surface area contributed by atoms with Crippen molar-refractivity contribution in [2.75, 3.05) is 13.2 Å². The van der Waals surface area contributed by atoms with Crippen molar-refractivity contribution < 1.29 is 19.1 Å². The molecule has 0 spiro atoms. The predicted molar refractivity (Wildman–Crippen MR) is 173 cm³/mol. The maximum atomic E-state index is 13.7. The van der Waals surface area contributed by atoms with Crippen molar-refractivity contribution in [3.63, 3.8) is 0 Å². The van der Waals surface area contributed by atoms with Crippen LogP contribution in [0.1, 0.15) is 52.6 Å². The zero-order valence-corrected chi connectivity index (χ0v) is 25.2. The molecule has 6 rings (SSSR count). The van der Waals surface area contributed by atoms with Crippen LogP contribution in [0.5, 0.6) is 0 Å². The van der Waals surface area contributed by atoms with Gasteiger partial charge in [-0.05, 0) is 51.0 Å². The monoisotopic (exact) mass is 574 g/mol. The van der Waals surface area contributed by atoms with Gasteiger partial charge in [0, 0.05) is 43.6 Å². The molecule has 2 aromatic heterocycles. The lowest BCUT2D eigenvalue weighted by molar-refractivity contribution is -0.174. The van der Waals surface area contributed by atoms with Crippen molar-refractivity contribution >= 4 is 55.6 Å². The van der Waals surface area contributed by atoms with E-state index in [1.807, 2.05) is 76.2 Å². The minimum Gasteiger partial charge on any atom is -0.463 e. The maximum absolute atomic E-state index is 13.7. The maximum Gasteiger partial charge on any atom is 0.323 e. The van der Waals surface area contributed by atoms with Crippen molar-refractivity contribution in [2.24, 2.45) is 5.41 Å². The number of nitrogens with zero attached hydrogens (tertiary/aromatic N) is 2. The molecule has 0 saturated heterocycles. The van der Waals surface area contributed by atoms with Crippen molar-refractivity contribution in [3.8, 4) is 0 Å². The van der Waals surface area contributed by atoms with Crippen LogP contribution in [0.4, 0.5) is 0 Å². The standard InChI is InChI=1S/C37H38N2O4/c1-5-37(6-2,35(40)42-23-25(3)38-31-19-11-7-15-27(31)28-16-8-12-20-32(28)38)36(41)43-24-26(4)39-33-21-13-9-17-29(33)30-18-10-14-22-34(30)39/h7-22,25-26H,5-6,23-24H2,1-4H3. The summed E-state index contributed by atoms with van der Waals surface area (Å²) in [5.74, 6) is -1.06. The van der Waals surface area contributed by atoms with Gasteiger partial charge in [0.1, 0.15) is 13.2 Å². The highest BCUT2D eigenvalue weighted by atomic mass is 16.6. The van der Waals surface area contributed by atoms with Gasteiger partial charge in [0.2, 0.25) is 0 Å². The van der Waals surface area contributed by atoms with E-state index in [0.717, 1.165) is 43.6 Å². The Bertz CT molecular complexity index is 1700. The van der Waals surface area contributed by atoms with Gasteiger partial charge in [-0.15, -0.1) is 0 Å². The third-order valence-corrected chi connectivity index (χ3v) is 9.02. The Hall–Kier alpha value is -4.58. The molecule has 2 heterocycles. The smallest absolute Gasteiger partial charge is 0.323 e. The molecule has 0 bridgehead atoms. The van der Waals surface area contributed by atoms with E-state index in [9.17, 15) is 9.59 Å². The van der Waals surface area contributed by atoms with Crippen LogP contribution in [0.25, 0.3) is 43.6 Å². The zero-order chi connectivity index (χ0) is 30.1. The van der Waals surface area contributed by atoms with E-state index < -0.39 is 17.4 Å². The van der Waals surface area contributed by atoms with Crippen LogP contribution in [0, 0.1) is 5.41 Å². The van der Waals surface area contributed by atoms with E-state index in [2.05, 4.69) is 57.7 Å². The summed E-state index contributed by atoms with van der Waals surface area (Å²) in [7, 11) is 0. The third-order valence-electron chi connectivity index (χ3n) is 9.02. The highest BCUT2D eigenvalue weighted by molar-refractivity contribution is 6.09. The fraction of sp³-hybridized carbons (Fsp3) is 0.297. The molecular formula is C37H38N2O4. The van der Waals surface area contributed by atoms with E-state index in [1.54, 1.807) is 0 Å². The van der Waals surface area contributed by atoms with E-state index >= 15 is 0 Å². The fourth-order valence-corrected chi connectivity index (χ4v) is 6.58. The Morgan fingerprint density at radius 3 is 1.12 bits per heavy atom. The summed E-state index contributed by atoms with van der Waals surface area (Å²) >= 11 is 0. The van der Waals surface area contributed by atoms with E-state index in [4.69, 9.17) is 9.47 Å². The van der Waals surface area contributed by atoms with Crippen molar-refractivity contribution in [1.29, 1.82) is 0 Å². The molecule has 43 heavy (non-hydrogen) atoms. The lowest BCUT2D eigenvalue weighted by Gasteiger charge is -2.29. The van der Waals surface area contributed by atoms with E-state index in [0.29, 0.717) is 12.8 Å². The van der Waals surface area contributed by atoms with Gasteiger partial charge in [-0.3, -0.25) is 9.59 Å². The zero-order valence-electron chi connectivity index (χ0n) is 25.2. The number of carbonyl (C=O) groups is 2. The quantitative estimate of drug-likeness (QED) is 0.121. The molecule has 0 N–H and O–H groups in total. The summed E-state index contributed by atoms with van der Waals surface area (Å²) in [5, 5.41) is 4.64. The minimum atomic E-state index is -1.36. The van der Waals surface area contributed by atoms with Gasteiger partial charge in [-0.1, -0.05) is 86.6 Å². The van der Waals surface area contributed by atoms with Gasteiger partial charge in [0.05, 0.1) is 12.1 Å². The van der Waals surface area contributed by atoms with Crippen molar-refractivity contribution in [1.82, 2.24) is 9.13 Å². The molecular weight excluding hydrogens is 536 g/mol. The number of ether oxygens (including phenoxy) is 2. The highest BCUT2D eigenvalue weighted by Gasteiger charge is 2.46. The Balaban J connectivity index is 1.19. The molecule has 2 atom stereocenters. The number of hydrogen-bond acceptors (Lipinski definition) is 4. The summed E-state index contributed by atoms with van der Waals surface area (Å²) in [6.07, 6.45) is 0.601. The second-order valence-corrected chi connectivity index (χ2v) is 11.5. The fourth-order valence-electron chi connectivity index (χ4n) is 6.58. The Kier molecular flexibility index (Phi) is 7.70. The molecule has 6 aromatic rings. The number of esters is 2. The molecule has 0 aliphatic rings. The molecule has 0 aliphatic heterocycles. The first-order valence-electron chi connectivity index (χ1n) is 15.2. The number of hydrogen-bond donors (Lipinski definition) is 0. The molecule has 6 nitrogen and oxygen atoms in total. The van der Waals surface area contributed by atoms with Crippen LogP contribution in [0.2, 0.25) is 0 Å². The third kappa shape index (κ3) is 4.75. The number of aromatic nitrogens is 2. The van der Waals surface area contributed by atoms with Crippen LogP contribution in [0.15, 0.2) is 97.1 Å². The lowest BCUT2D eigenvalue weighted by atomic mass is 9.82. The number of fused-ring (bicyclic) bond motifs is 6. The highest BCUT2D eigenvalue weighted by Crippen LogP contribution is 2.35. The summed E-state index contributed by atoms with van der Waals surface area (Å²) < 4.78 is 16.3. The largest absolute Gasteiger partial charge is 0.463 e. The normalized spacial score (nSPS) is 13.5. The molecule has 6 heteroatoms. The summed E-state index contributed by atoms with van der Waals surface area (Å²) in [6, 6.07) is 32.8. The summed E-state index contributed by atoms with van der Waals surface area (Å²) in [4.78, 5) is 27.3. The second-order valence-electron chi connectivity index (χ2n) is 11.5. The Morgan fingerprint density at radius 2 is 0.837 bits per heavy atom. The molecule has 220 valence electrons. The average Bonchev–Trinajstić information content (AvgIpc) is 3.56. The van der Waals surface area contributed by atoms with Crippen LogP contribution in [-0.2, 0) is 19.1 Å². The molecule has 2 unspecified atom stereocenters. The Morgan fingerprint density at radius 1 is 0.558 bits per heavy atom. The van der Waals surface area contributed by atoms with Gasteiger partial charge >= 0.3 is 11.9 Å². The number of rotatable bonds is 10. The molecule has 0 radical (unpaired) electrons. The van der Waals surface area contributed by atoms with Crippen LogP contribution in [0.3, 0.4) is 0 Å². The van der Waals surface area contributed by atoms with Gasteiger partial charge in [0.15, 0.2) is 5.41 Å². The van der Waals surface area contributed by atoms with Crippen LogP contribution in [-0.4, -0.2) is 34.3 Å². The van der Waals surface area contributed by atoms with Gasteiger partial charge in [-0.25, -0.2) is 0 Å². The summed E-state index contributed by atoms with van der Waals surface area (Å²) in [6.45, 7) is 8.06.